The Hall–Kier alpha value is -1.36. The number of carbonyl (C=O) groups excluding carboxylic acids is 1. The van der Waals surface area contributed by atoms with Crippen LogP contribution >= 0.6 is 0 Å². The Morgan fingerprint density at radius 1 is 1.62 bits per heavy atom. The van der Waals surface area contributed by atoms with Crippen molar-refractivity contribution in [3.63, 3.8) is 0 Å². The third-order valence-electron chi connectivity index (χ3n) is 2.08. The van der Waals surface area contributed by atoms with Crippen LogP contribution in [0.25, 0.3) is 0 Å². The molecule has 1 aromatic heterocycles. The highest BCUT2D eigenvalue weighted by Crippen LogP contribution is 2.02. The molecule has 5 nitrogen and oxygen atoms in total. The second kappa shape index (κ2) is 3.57. The van der Waals surface area contributed by atoms with E-state index in [1.165, 1.54) is 0 Å². The zero-order valence-electron chi connectivity index (χ0n) is 7.29. The molecule has 0 spiro atoms. The van der Waals surface area contributed by atoms with Crippen molar-refractivity contribution >= 4 is 5.91 Å². The third kappa shape index (κ3) is 2.06. The summed E-state index contributed by atoms with van der Waals surface area (Å²) >= 11 is 0. The zero-order chi connectivity index (χ0) is 9.10. The molecule has 0 bridgehead atoms. The van der Waals surface area contributed by atoms with Crippen molar-refractivity contribution in [1.82, 2.24) is 20.4 Å². The SMILES string of the molecule is O=C1CN(Cc2cn[nH]c2)CCN1. The van der Waals surface area contributed by atoms with Crippen molar-refractivity contribution in [3.05, 3.63) is 18.0 Å². The Morgan fingerprint density at radius 2 is 2.54 bits per heavy atom. The number of aromatic amines is 1. The Morgan fingerprint density at radius 3 is 3.23 bits per heavy atom. The fraction of sp³-hybridized carbons (Fsp3) is 0.500. The third-order valence-corrected chi connectivity index (χ3v) is 2.08. The predicted molar refractivity (Wildman–Crippen MR) is 46.9 cm³/mol. The van der Waals surface area contributed by atoms with Crippen LogP contribution in [0.3, 0.4) is 0 Å². The van der Waals surface area contributed by atoms with Crippen LogP contribution in [-0.4, -0.2) is 40.6 Å². The molecule has 2 rings (SSSR count). The van der Waals surface area contributed by atoms with E-state index < -0.39 is 0 Å². The van der Waals surface area contributed by atoms with Gasteiger partial charge in [-0.3, -0.25) is 14.8 Å². The zero-order valence-corrected chi connectivity index (χ0v) is 7.29. The number of amides is 1. The van der Waals surface area contributed by atoms with Crippen molar-refractivity contribution in [2.75, 3.05) is 19.6 Å². The maximum atomic E-state index is 11.0. The van der Waals surface area contributed by atoms with Gasteiger partial charge in [0.05, 0.1) is 12.7 Å². The largest absolute Gasteiger partial charge is 0.354 e. The summed E-state index contributed by atoms with van der Waals surface area (Å²) in [5, 5.41) is 9.40. The Labute approximate surface area is 76.1 Å². The highest BCUT2D eigenvalue weighted by molar-refractivity contribution is 5.78. The fourth-order valence-electron chi connectivity index (χ4n) is 1.45. The van der Waals surface area contributed by atoms with Crippen LogP contribution in [0.2, 0.25) is 0 Å². The number of hydrogen-bond donors (Lipinski definition) is 2. The molecule has 1 aliphatic heterocycles. The van der Waals surface area contributed by atoms with Gasteiger partial charge in [0.25, 0.3) is 0 Å². The molecule has 70 valence electrons. The van der Waals surface area contributed by atoms with Crippen molar-refractivity contribution in [3.8, 4) is 0 Å². The minimum absolute atomic E-state index is 0.106. The van der Waals surface area contributed by atoms with Crippen LogP contribution in [0, 0.1) is 0 Å². The van der Waals surface area contributed by atoms with E-state index in [1.54, 1.807) is 6.20 Å². The lowest BCUT2D eigenvalue weighted by atomic mass is 10.3. The summed E-state index contributed by atoms with van der Waals surface area (Å²) < 4.78 is 0. The molecule has 0 saturated carbocycles. The molecule has 5 heteroatoms. The molecular formula is C8H12N4O. The van der Waals surface area contributed by atoms with Crippen LogP contribution in [0.4, 0.5) is 0 Å². The maximum absolute atomic E-state index is 11.0. The van der Waals surface area contributed by atoms with Gasteiger partial charge in [-0.25, -0.2) is 0 Å². The number of rotatable bonds is 2. The van der Waals surface area contributed by atoms with E-state index in [2.05, 4.69) is 20.4 Å². The average Bonchev–Trinajstić information content (AvgIpc) is 2.57. The molecule has 0 atom stereocenters. The molecule has 0 radical (unpaired) electrons. The second-order valence-corrected chi connectivity index (χ2v) is 3.17. The molecule has 1 amide bonds. The lowest BCUT2D eigenvalue weighted by Crippen LogP contribution is -2.47. The monoisotopic (exact) mass is 180 g/mol. The van der Waals surface area contributed by atoms with Gasteiger partial charge in [-0.1, -0.05) is 0 Å². The molecule has 0 aromatic carbocycles. The van der Waals surface area contributed by atoms with Gasteiger partial charge in [-0.05, 0) is 0 Å². The van der Waals surface area contributed by atoms with Crippen LogP contribution in [-0.2, 0) is 11.3 Å². The minimum atomic E-state index is 0.106. The first kappa shape index (κ1) is 8.25. The van der Waals surface area contributed by atoms with Gasteiger partial charge in [0.15, 0.2) is 0 Å². The fourth-order valence-corrected chi connectivity index (χ4v) is 1.45. The lowest BCUT2D eigenvalue weighted by Gasteiger charge is -2.25. The Kier molecular flexibility index (Phi) is 2.27. The smallest absolute Gasteiger partial charge is 0.234 e. The predicted octanol–water partition coefficient (Wildman–Crippen LogP) is -0.659. The average molecular weight is 180 g/mol. The molecule has 2 heterocycles. The van der Waals surface area contributed by atoms with Gasteiger partial charge in [-0.15, -0.1) is 0 Å². The number of carbonyl (C=O) groups is 1. The first-order valence-corrected chi connectivity index (χ1v) is 4.31. The van der Waals surface area contributed by atoms with Gasteiger partial charge >= 0.3 is 0 Å². The van der Waals surface area contributed by atoms with E-state index >= 15 is 0 Å². The Bertz CT molecular complexity index is 282. The molecule has 1 fully saturated rings. The summed E-state index contributed by atoms with van der Waals surface area (Å²) in [6, 6.07) is 0. The quantitative estimate of drug-likeness (QED) is 0.635. The number of piperazine rings is 1. The van der Waals surface area contributed by atoms with Crippen LogP contribution in [0.1, 0.15) is 5.56 Å². The normalized spacial score (nSPS) is 18.6. The van der Waals surface area contributed by atoms with Gasteiger partial charge in [-0.2, -0.15) is 5.10 Å². The number of hydrogen-bond acceptors (Lipinski definition) is 3. The summed E-state index contributed by atoms with van der Waals surface area (Å²) in [7, 11) is 0. The topological polar surface area (TPSA) is 61.0 Å². The molecular weight excluding hydrogens is 168 g/mol. The van der Waals surface area contributed by atoms with Crippen molar-refractivity contribution in [2.45, 2.75) is 6.54 Å². The molecule has 0 unspecified atom stereocenters. The van der Waals surface area contributed by atoms with E-state index in [1.807, 2.05) is 6.20 Å². The van der Waals surface area contributed by atoms with Gasteiger partial charge in [0, 0.05) is 31.4 Å². The highest BCUT2D eigenvalue weighted by Gasteiger charge is 2.15. The van der Waals surface area contributed by atoms with Crippen LogP contribution in [0.15, 0.2) is 12.4 Å². The van der Waals surface area contributed by atoms with Crippen molar-refractivity contribution in [2.24, 2.45) is 0 Å². The summed E-state index contributed by atoms with van der Waals surface area (Å²) in [5.41, 5.74) is 1.12. The first-order valence-electron chi connectivity index (χ1n) is 4.31. The molecule has 1 aromatic rings. The highest BCUT2D eigenvalue weighted by atomic mass is 16.2. The van der Waals surface area contributed by atoms with E-state index in [0.717, 1.165) is 25.2 Å². The molecule has 13 heavy (non-hydrogen) atoms. The van der Waals surface area contributed by atoms with Gasteiger partial charge < -0.3 is 5.32 Å². The van der Waals surface area contributed by atoms with Crippen LogP contribution in [0.5, 0.6) is 0 Å². The minimum Gasteiger partial charge on any atom is -0.354 e. The molecule has 1 saturated heterocycles. The van der Waals surface area contributed by atoms with E-state index in [9.17, 15) is 4.79 Å². The van der Waals surface area contributed by atoms with Crippen LogP contribution < -0.4 is 5.32 Å². The van der Waals surface area contributed by atoms with E-state index in [0.29, 0.717) is 6.54 Å². The number of aromatic nitrogens is 2. The first-order chi connectivity index (χ1) is 6.34. The Balaban J connectivity index is 1.91. The summed E-state index contributed by atoms with van der Waals surface area (Å²) in [4.78, 5) is 13.1. The standard InChI is InChI=1S/C8H12N4O/c13-8-6-12(2-1-9-8)5-7-3-10-11-4-7/h3-4H,1-2,5-6H2,(H,9,13)(H,10,11). The van der Waals surface area contributed by atoms with Gasteiger partial charge in [0.2, 0.25) is 5.91 Å². The summed E-state index contributed by atoms with van der Waals surface area (Å²) in [5.74, 6) is 0.106. The number of nitrogens with zero attached hydrogens (tertiary/aromatic N) is 2. The number of H-pyrrole nitrogens is 1. The van der Waals surface area contributed by atoms with Crippen molar-refractivity contribution in [1.29, 1.82) is 0 Å². The van der Waals surface area contributed by atoms with Crippen molar-refractivity contribution < 1.29 is 4.79 Å². The summed E-state index contributed by atoms with van der Waals surface area (Å²) in [6.45, 7) is 2.95. The van der Waals surface area contributed by atoms with E-state index in [4.69, 9.17) is 0 Å². The number of nitrogens with one attached hydrogen (secondary N) is 2. The second-order valence-electron chi connectivity index (χ2n) is 3.17. The molecule has 2 N–H and O–H groups in total. The van der Waals surface area contributed by atoms with Gasteiger partial charge in [0.1, 0.15) is 0 Å². The maximum Gasteiger partial charge on any atom is 0.234 e. The lowest BCUT2D eigenvalue weighted by molar-refractivity contribution is -0.124. The summed E-state index contributed by atoms with van der Waals surface area (Å²) in [6.07, 6.45) is 3.64. The van der Waals surface area contributed by atoms with E-state index in [-0.39, 0.29) is 5.91 Å². The molecule has 1 aliphatic rings. The molecule has 0 aliphatic carbocycles.